The summed E-state index contributed by atoms with van der Waals surface area (Å²) in [6, 6.07) is 7.84. The van der Waals surface area contributed by atoms with E-state index in [-0.39, 0.29) is 24.2 Å². The zero-order valence-electron chi connectivity index (χ0n) is 17.4. The van der Waals surface area contributed by atoms with E-state index in [1.165, 1.54) is 5.56 Å². The number of likely N-dealkylation sites (tertiary alicyclic amines) is 1. The van der Waals surface area contributed by atoms with Crippen LogP contribution in [0.1, 0.15) is 30.5 Å². The molecule has 1 amide bonds. The molecular formula is C23H29N3O4. The van der Waals surface area contributed by atoms with E-state index in [9.17, 15) is 4.79 Å². The van der Waals surface area contributed by atoms with Gasteiger partial charge < -0.3 is 19.1 Å². The normalized spacial score (nSPS) is 21.8. The van der Waals surface area contributed by atoms with Crippen molar-refractivity contribution in [2.45, 2.75) is 50.9 Å². The Labute approximate surface area is 177 Å². The van der Waals surface area contributed by atoms with Gasteiger partial charge in [0.25, 0.3) is 0 Å². The maximum absolute atomic E-state index is 12.6. The fourth-order valence-corrected chi connectivity index (χ4v) is 3.87. The minimum absolute atomic E-state index is 0.0888. The molecular weight excluding hydrogens is 382 g/mol. The van der Waals surface area contributed by atoms with Crippen molar-refractivity contribution in [1.82, 2.24) is 14.9 Å². The molecule has 2 aliphatic rings. The highest BCUT2D eigenvalue weighted by Crippen LogP contribution is 2.23. The third-order valence-corrected chi connectivity index (χ3v) is 5.58. The second-order valence-corrected chi connectivity index (χ2v) is 7.99. The molecule has 0 aromatic carbocycles. The number of aromatic nitrogens is 2. The van der Waals surface area contributed by atoms with E-state index >= 15 is 0 Å². The highest BCUT2D eigenvalue weighted by molar-refractivity contribution is 5.76. The van der Waals surface area contributed by atoms with Crippen LogP contribution in [-0.4, -0.2) is 65.4 Å². The topological polar surface area (TPSA) is 73.8 Å². The summed E-state index contributed by atoms with van der Waals surface area (Å²) >= 11 is 0. The predicted molar refractivity (Wildman–Crippen MR) is 111 cm³/mol. The molecule has 7 heteroatoms. The summed E-state index contributed by atoms with van der Waals surface area (Å²) in [6.07, 6.45) is 8.41. The Morgan fingerprint density at radius 3 is 2.60 bits per heavy atom. The Bertz CT molecular complexity index is 799. The summed E-state index contributed by atoms with van der Waals surface area (Å²) in [6.45, 7) is 4.01. The molecule has 0 spiro atoms. The Morgan fingerprint density at radius 1 is 1.13 bits per heavy atom. The molecule has 0 saturated carbocycles. The molecule has 2 atom stereocenters. The zero-order chi connectivity index (χ0) is 20.8. The van der Waals surface area contributed by atoms with Gasteiger partial charge in [0.05, 0.1) is 19.4 Å². The van der Waals surface area contributed by atoms with Crippen molar-refractivity contribution >= 4 is 5.91 Å². The second kappa shape index (κ2) is 10.00. The van der Waals surface area contributed by atoms with Gasteiger partial charge in [0, 0.05) is 37.6 Å². The van der Waals surface area contributed by atoms with Gasteiger partial charge in [-0.15, -0.1) is 0 Å². The molecule has 2 aromatic rings. The van der Waals surface area contributed by atoms with Crippen molar-refractivity contribution in [3.05, 3.63) is 54.1 Å². The van der Waals surface area contributed by atoms with Crippen molar-refractivity contribution in [2.75, 3.05) is 26.3 Å². The van der Waals surface area contributed by atoms with Crippen molar-refractivity contribution in [3.63, 3.8) is 0 Å². The molecule has 0 N–H and O–H groups in total. The third-order valence-electron chi connectivity index (χ3n) is 5.58. The summed E-state index contributed by atoms with van der Waals surface area (Å²) in [7, 11) is 0. The van der Waals surface area contributed by atoms with Crippen molar-refractivity contribution in [1.29, 1.82) is 0 Å². The predicted octanol–water partition coefficient (Wildman–Crippen LogP) is 2.57. The minimum Gasteiger partial charge on any atom is -0.484 e. The Hall–Kier alpha value is -2.51. The van der Waals surface area contributed by atoms with E-state index in [1.807, 2.05) is 36.2 Å². The molecule has 0 unspecified atom stereocenters. The van der Waals surface area contributed by atoms with Crippen molar-refractivity contribution in [2.24, 2.45) is 0 Å². The number of carbonyl (C=O) groups is 1. The van der Waals surface area contributed by atoms with E-state index in [0.29, 0.717) is 38.5 Å². The lowest BCUT2D eigenvalue weighted by Crippen LogP contribution is -2.32. The number of fused-ring (bicyclic) bond motifs is 1. The van der Waals surface area contributed by atoms with Gasteiger partial charge in [0.1, 0.15) is 24.1 Å². The molecule has 2 aromatic heterocycles. The first kappa shape index (κ1) is 20.8. The van der Waals surface area contributed by atoms with Crippen molar-refractivity contribution < 1.29 is 19.0 Å². The van der Waals surface area contributed by atoms with Crippen LogP contribution in [0.15, 0.2) is 42.9 Å². The lowest BCUT2D eigenvalue weighted by atomic mass is 10.1. The number of ether oxygens (including phenoxy) is 3. The average Bonchev–Trinajstić information content (AvgIpc) is 3.09. The summed E-state index contributed by atoms with van der Waals surface area (Å²) in [5.74, 6) is 0.896. The Kier molecular flexibility index (Phi) is 6.92. The molecule has 2 fully saturated rings. The van der Waals surface area contributed by atoms with E-state index in [1.54, 1.807) is 12.4 Å². The van der Waals surface area contributed by atoms with Gasteiger partial charge >= 0.3 is 0 Å². The minimum atomic E-state index is -0.170. The first-order chi connectivity index (χ1) is 14.7. The standard InChI is InChI=1S/C23H29N3O4/c1-17-8-9-19(12-25-17)30-20-15-28-21-13-26(14-22(21)29-16-20)23(27)7-3-2-5-18-6-4-10-24-11-18/h4,6,8-12,20-22H,2-3,5,7,13-16H2,1H3/t21-,22-/m0/s1. The molecule has 2 saturated heterocycles. The zero-order valence-corrected chi connectivity index (χ0v) is 17.4. The van der Waals surface area contributed by atoms with Gasteiger partial charge in [-0.3, -0.25) is 14.8 Å². The van der Waals surface area contributed by atoms with Crippen LogP contribution in [0.5, 0.6) is 5.75 Å². The van der Waals surface area contributed by atoms with Crippen LogP contribution < -0.4 is 4.74 Å². The average molecular weight is 412 g/mol. The Balaban J connectivity index is 1.18. The molecule has 4 heterocycles. The molecule has 0 radical (unpaired) electrons. The molecule has 2 aliphatic heterocycles. The molecule has 0 bridgehead atoms. The maximum atomic E-state index is 12.6. The molecule has 7 nitrogen and oxygen atoms in total. The highest BCUT2D eigenvalue weighted by atomic mass is 16.6. The molecule has 30 heavy (non-hydrogen) atoms. The summed E-state index contributed by atoms with van der Waals surface area (Å²) < 4.78 is 18.0. The van der Waals surface area contributed by atoms with Gasteiger partial charge in [-0.1, -0.05) is 6.07 Å². The van der Waals surface area contributed by atoms with Crippen LogP contribution in [0, 0.1) is 6.92 Å². The largest absolute Gasteiger partial charge is 0.484 e. The molecule has 160 valence electrons. The summed E-state index contributed by atoms with van der Waals surface area (Å²) in [5.41, 5.74) is 2.17. The van der Waals surface area contributed by atoms with Gasteiger partial charge in [0.2, 0.25) is 5.91 Å². The molecule has 0 aliphatic carbocycles. The first-order valence-corrected chi connectivity index (χ1v) is 10.7. The van der Waals surface area contributed by atoms with E-state index in [2.05, 4.69) is 16.0 Å². The number of pyridine rings is 2. The van der Waals surface area contributed by atoms with Crippen LogP contribution in [0.4, 0.5) is 0 Å². The fraction of sp³-hybridized carbons (Fsp3) is 0.522. The smallest absolute Gasteiger partial charge is 0.222 e. The number of nitrogens with zero attached hydrogens (tertiary/aromatic N) is 3. The monoisotopic (exact) mass is 411 g/mol. The fourth-order valence-electron chi connectivity index (χ4n) is 3.87. The summed E-state index contributed by atoms with van der Waals surface area (Å²) in [5, 5.41) is 0. The van der Waals surface area contributed by atoms with Crippen LogP contribution >= 0.6 is 0 Å². The maximum Gasteiger partial charge on any atom is 0.222 e. The van der Waals surface area contributed by atoms with Gasteiger partial charge in [-0.2, -0.15) is 0 Å². The number of aryl methyl sites for hydroxylation is 2. The van der Waals surface area contributed by atoms with Crippen LogP contribution in [0.2, 0.25) is 0 Å². The van der Waals surface area contributed by atoms with E-state index in [4.69, 9.17) is 14.2 Å². The van der Waals surface area contributed by atoms with Crippen LogP contribution in [0.3, 0.4) is 0 Å². The second-order valence-electron chi connectivity index (χ2n) is 7.99. The first-order valence-electron chi connectivity index (χ1n) is 10.7. The third kappa shape index (κ3) is 5.55. The molecule has 4 rings (SSSR count). The highest BCUT2D eigenvalue weighted by Gasteiger charge is 2.39. The van der Waals surface area contributed by atoms with Crippen LogP contribution in [0.25, 0.3) is 0 Å². The lowest BCUT2D eigenvalue weighted by Gasteiger charge is -2.19. The number of hydrogen-bond acceptors (Lipinski definition) is 6. The van der Waals surface area contributed by atoms with E-state index in [0.717, 1.165) is 25.0 Å². The quantitative estimate of drug-likeness (QED) is 0.652. The van der Waals surface area contributed by atoms with E-state index < -0.39 is 0 Å². The van der Waals surface area contributed by atoms with Gasteiger partial charge in [0.15, 0.2) is 0 Å². The van der Waals surface area contributed by atoms with Crippen LogP contribution in [-0.2, 0) is 20.7 Å². The van der Waals surface area contributed by atoms with Gasteiger partial charge in [-0.25, -0.2) is 0 Å². The number of rotatable bonds is 7. The number of hydrogen-bond donors (Lipinski definition) is 0. The van der Waals surface area contributed by atoms with Gasteiger partial charge in [-0.05, 0) is 49.9 Å². The summed E-state index contributed by atoms with van der Waals surface area (Å²) in [4.78, 5) is 22.8. The Morgan fingerprint density at radius 2 is 1.93 bits per heavy atom. The number of carbonyl (C=O) groups excluding carboxylic acids is 1. The lowest BCUT2D eigenvalue weighted by molar-refractivity contribution is -0.131. The number of unbranched alkanes of at least 4 members (excludes halogenated alkanes) is 1. The SMILES string of the molecule is Cc1ccc(OC2CO[C@H]3CN(C(=O)CCCCc4cccnc4)C[C@@H]3OC2)cn1. The number of amides is 1. The van der Waals surface area contributed by atoms with Crippen molar-refractivity contribution in [3.8, 4) is 5.75 Å².